The van der Waals surface area contributed by atoms with Crippen LogP contribution in [-0.2, 0) is 9.16 Å². The highest BCUT2D eigenvalue weighted by molar-refractivity contribution is 8.14. The van der Waals surface area contributed by atoms with E-state index < -0.39 is 44.3 Å². The molecule has 25 heavy (non-hydrogen) atoms. The summed E-state index contributed by atoms with van der Waals surface area (Å²) in [5.41, 5.74) is -0.664. The number of carboxylic acid groups (broad SMARTS) is 1. The fraction of sp³-hybridized carbons (Fsp3) is 0.867. The molecule has 0 unspecified atom stereocenters. The molecule has 10 heteroatoms. The lowest BCUT2D eigenvalue weighted by atomic mass is 10.00. The maximum atomic E-state index is 15.2. The summed E-state index contributed by atoms with van der Waals surface area (Å²) in [5, 5.41) is 18.8. The summed E-state index contributed by atoms with van der Waals surface area (Å²) in [6.45, 7) is 9.81. The summed E-state index contributed by atoms with van der Waals surface area (Å²) < 4.78 is 27.2. The summed E-state index contributed by atoms with van der Waals surface area (Å²) >= 11 is 1.06. The number of carbonyl (C=O) groups is 1. The molecule has 0 bridgehead atoms. The van der Waals surface area contributed by atoms with Gasteiger partial charge in [-0.25, -0.2) is 9.18 Å². The molecule has 1 fully saturated rings. The molecule has 5 atom stereocenters. The summed E-state index contributed by atoms with van der Waals surface area (Å²) in [6.07, 6.45) is -4.38. The van der Waals surface area contributed by atoms with Crippen molar-refractivity contribution in [2.24, 2.45) is 4.99 Å². The molecule has 2 heterocycles. The zero-order chi connectivity index (χ0) is 19.2. The Balaban J connectivity index is 2.23. The van der Waals surface area contributed by atoms with E-state index in [-0.39, 0.29) is 16.8 Å². The number of hydrogen-bond donors (Lipinski definition) is 2. The number of rotatable bonds is 3. The third kappa shape index (κ3) is 4.02. The first-order valence-corrected chi connectivity index (χ1v) is 12.0. The minimum Gasteiger partial charge on any atom is -0.465 e. The largest absolute Gasteiger partial charge is 0.465 e. The lowest BCUT2D eigenvalue weighted by Crippen LogP contribution is -2.59. The van der Waals surface area contributed by atoms with Crippen LogP contribution < -0.4 is 0 Å². The molecule has 144 valence electrons. The SMILES string of the molecule is CN(C(=O)O)C1=N[C@@H]2[C@@H](F)[C@H](O[Si](C)(C)C(C)(C)C)[C@@H](CO)O[C@@H]2S1. The number of aliphatic hydroxyl groups is 1. The summed E-state index contributed by atoms with van der Waals surface area (Å²) in [4.78, 5) is 16.2. The average Bonchev–Trinajstić information content (AvgIpc) is 2.91. The van der Waals surface area contributed by atoms with Crippen LogP contribution in [0.4, 0.5) is 9.18 Å². The number of aliphatic imine (C=N–C) groups is 1. The van der Waals surface area contributed by atoms with Crippen LogP contribution in [0.2, 0.25) is 18.1 Å². The van der Waals surface area contributed by atoms with Gasteiger partial charge in [0, 0.05) is 7.05 Å². The maximum absolute atomic E-state index is 15.2. The van der Waals surface area contributed by atoms with Crippen LogP contribution in [0, 0.1) is 0 Å². The summed E-state index contributed by atoms with van der Waals surface area (Å²) in [6, 6.07) is -0.848. The molecular formula is C15H27FN2O5SSi. The Morgan fingerprint density at radius 2 is 2.08 bits per heavy atom. The number of alkyl halides is 1. The van der Waals surface area contributed by atoms with E-state index in [2.05, 4.69) is 25.8 Å². The van der Waals surface area contributed by atoms with Gasteiger partial charge in [-0.2, -0.15) is 0 Å². The first-order chi connectivity index (χ1) is 11.4. The van der Waals surface area contributed by atoms with E-state index in [0.29, 0.717) is 0 Å². The van der Waals surface area contributed by atoms with E-state index in [1.165, 1.54) is 7.05 Å². The van der Waals surface area contributed by atoms with Gasteiger partial charge in [0.25, 0.3) is 0 Å². The van der Waals surface area contributed by atoms with Crippen LogP contribution in [0.1, 0.15) is 20.8 Å². The van der Waals surface area contributed by atoms with Crippen LogP contribution in [0.25, 0.3) is 0 Å². The molecule has 2 aliphatic heterocycles. The van der Waals surface area contributed by atoms with Crippen molar-refractivity contribution in [3.8, 4) is 0 Å². The number of nitrogens with zero attached hydrogens (tertiary/aromatic N) is 2. The van der Waals surface area contributed by atoms with E-state index in [0.717, 1.165) is 16.7 Å². The lowest BCUT2D eigenvalue weighted by Gasteiger charge is -2.45. The van der Waals surface area contributed by atoms with Crippen molar-refractivity contribution in [2.75, 3.05) is 13.7 Å². The van der Waals surface area contributed by atoms with Gasteiger partial charge in [0.05, 0.1) is 6.61 Å². The molecule has 0 aromatic rings. The Kier molecular flexibility index (Phi) is 5.89. The van der Waals surface area contributed by atoms with Gasteiger partial charge >= 0.3 is 6.09 Å². The quantitative estimate of drug-likeness (QED) is 0.715. The number of ether oxygens (including phenoxy) is 1. The maximum Gasteiger partial charge on any atom is 0.413 e. The van der Waals surface area contributed by atoms with E-state index in [4.69, 9.17) is 14.3 Å². The molecule has 2 N–H and O–H groups in total. The van der Waals surface area contributed by atoms with Crippen LogP contribution in [-0.4, -0.2) is 78.2 Å². The number of thioether (sulfide) groups is 1. The first kappa shape index (κ1) is 20.6. The number of hydrogen-bond acceptors (Lipinski definition) is 6. The molecule has 0 aromatic carbocycles. The number of fused-ring (bicyclic) bond motifs is 1. The molecular weight excluding hydrogens is 367 g/mol. The Hall–Kier alpha value is -0.683. The van der Waals surface area contributed by atoms with Crippen LogP contribution >= 0.6 is 11.8 Å². The average molecular weight is 395 g/mol. The topological polar surface area (TPSA) is 91.6 Å². The van der Waals surface area contributed by atoms with Crippen LogP contribution in [0.15, 0.2) is 4.99 Å². The number of halogens is 1. The Morgan fingerprint density at radius 1 is 1.48 bits per heavy atom. The monoisotopic (exact) mass is 394 g/mol. The summed E-state index contributed by atoms with van der Waals surface area (Å²) in [5.74, 6) is 0. The molecule has 2 rings (SSSR count). The van der Waals surface area contributed by atoms with Gasteiger partial charge in [-0.05, 0) is 18.1 Å². The van der Waals surface area contributed by atoms with Gasteiger partial charge in [0.1, 0.15) is 23.7 Å². The second-order valence-corrected chi connectivity index (χ2v) is 13.7. The lowest BCUT2D eigenvalue weighted by molar-refractivity contribution is -0.139. The first-order valence-electron chi connectivity index (χ1n) is 8.18. The van der Waals surface area contributed by atoms with E-state index in [1.807, 2.05) is 13.1 Å². The third-order valence-electron chi connectivity index (χ3n) is 5.07. The number of aliphatic hydroxyl groups excluding tert-OH is 1. The van der Waals surface area contributed by atoms with Gasteiger partial charge in [-0.15, -0.1) is 0 Å². The zero-order valence-electron chi connectivity index (χ0n) is 15.4. The minimum atomic E-state index is -2.28. The van der Waals surface area contributed by atoms with Gasteiger partial charge in [0.15, 0.2) is 19.7 Å². The van der Waals surface area contributed by atoms with Gasteiger partial charge in [0.2, 0.25) is 0 Å². The number of amides is 1. The summed E-state index contributed by atoms with van der Waals surface area (Å²) in [7, 11) is -0.931. The van der Waals surface area contributed by atoms with E-state index >= 15 is 4.39 Å². The molecule has 0 aliphatic carbocycles. The molecule has 0 radical (unpaired) electrons. The zero-order valence-corrected chi connectivity index (χ0v) is 17.2. The van der Waals surface area contributed by atoms with Crippen molar-refractivity contribution >= 4 is 31.3 Å². The van der Waals surface area contributed by atoms with Crippen molar-refractivity contribution in [1.29, 1.82) is 0 Å². The molecule has 1 saturated heterocycles. The van der Waals surface area contributed by atoms with E-state index in [1.54, 1.807) is 0 Å². The highest BCUT2D eigenvalue weighted by Gasteiger charge is 2.53. The highest BCUT2D eigenvalue weighted by Crippen LogP contribution is 2.43. The fourth-order valence-corrected chi connectivity index (χ4v) is 4.91. The predicted octanol–water partition coefficient (Wildman–Crippen LogP) is 2.51. The molecule has 0 aromatic heterocycles. The second-order valence-electron chi connectivity index (χ2n) is 7.87. The normalized spacial score (nSPS) is 33.0. The van der Waals surface area contributed by atoms with Gasteiger partial charge in [-0.1, -0.05) is 32.5 Å². The molecule has 0 spiro atoms. The van der Waals surface area contributed by atoms with Crippen molar-refractivity contribution in [1.82, 2.24) is 4.90 Å². The Bertz CT molecular complexity index is 557. The van der Waals surface area contributed by atoms with Gasteiger partial charge < -0.3 is 19.4 Å². The third-order valence-corrected chi connectivity index (χ3v) is 10.8. The smallest absolute Gasteiger partial charge is 0.413 e. The fourth-order valence-electron chi connectivity index (χ4n) is 2.42. The highest BCUT2D eigenvalue weighted by atomic mass is 32.2. The van der Waals surface area contributed by atoms with Crippen LogP contribution in [0.3, 0.4) is 0 Å². The predicted molar refractivity (Wildman–Crippen MR) is 97.3 cm³/mol. The number of amidine groups is 1. The van der Waals surface area contributed by atoms with Crippen molar-refractivity contribution < 1.29 is 28.6 Å². The molecule has 2 aliphatic rings. The second kappa shape index (κ2) is 7.14. The molecule has 1 amide bonds. The molecule has 7 nitrogen and oxygen atoms in total. The minimum absolute atomic E-state index is 0.119. The Labute approximate surface area is 152 Å². The van der Waals surface area contributed by atoms with Crippen molar-refractivity contribution in [3.63, 3.8) is 0 Å². The van der Waals surface area contributed by atoms with Gasteiger partial charge in [-0.3, -0.25) is 9.89 Å². The van der Waals surface area contributed by atoms with Crippen molar-refractivity contribution in [3.05, 3.63) is 0 Å². The Morgan fingerprint density at radius 3 is 2.56 bits per heavy atom. The van der Waals surface area contributed by atoms with E-state index in [9.17, 15) is 9.90 Å². The van der Waals surface area contributed by atoms with Crippen molar-refractivity contribution in [2.45, 2.75) is 68.8 Å². The van der Waals surface area contributed by atoms with Crippen LogP contribution in [0.5, 0.6) is 0 Å². The standard InChI is InChI=1S/C15H27FN2O5SSi/c1-15(2,3)25(5,6)23-11-8(7-19)22-12-10(9(11)16)17-13(24-12)18(4)14(20)21/h8-12,19H,7H2,1-6H3,(H,20,21)/t8-,9-,10-,11-,12-/m1/s1. The molecule has 0 saturated carbocycles.